The summed E-state index contributed by atoms with van der Waals surface area (Å²) in [6.07, 6.45) is 0.536. The number of amides is 1. The van der Waals surface area contributed by atoms with Gasteiger partial charge in [0, 0.05) is 5.69 Å². The molecule has 1 aromatic rings. The van der Waals surface area contributed by atoms with Gasteiger partial charge in [-0.1, -0.05) is 25.4 Å². The van der Waals surface area contributed by atoms with E-state index in [1.807, 2.05) is 13.8 Å². The number of nitrogen functional groups attached to an aromatic ring is 1. The van der Waals surface area contributed by atoms with E-state index in [0.717, 1.165) is 0 Å². The molecule has 3 N–H and O–H groups in total. The van der Waals surface area contributed by atoms with Gasteiger partial charge in [-0.05, 0) is 37.5 Å². The van der Waals surface area contributed by atoms with Gasteiger partial charge in [-0.3, -0.25) is 4.79 Å². The maximum Gasteiger partial charge on any atom is 0.242 e. The van der Waals surface area contributed by atoms with Crippen molar-refractivity contribution < 1.29 is 13.2 Å². The highest BCUT2D eigenvalue weighted by atomic mass is 35.5. The summed E-state index contributed by atoms with van der Waals surface area (Å²) in [5.41, 5.74) is 6.39. The SMILES string of the molecule is CC(C)CCS(=O)(=O)C(C)C(=O)Nc1ccc(Cl)c(N)c1. The van der Waals surface area contributed by atoms with Gasteiger partial charge in [-0.15, -0.1) is 0 Å². The van der Waals surface area contributed by atoms with Crippen molar-refractivity contribution in [1.82, 2.24) is 0 Å². The third kappa shape index (κ3) is 5.21. The molecule has 0 spiro atoms. The zero-order valence-electron chi connectivity index (χ0n) is 12.4. The highest BCUT2D eigenvalue weighted by Crippen LogP contribution is 2.22. The van der Waals surface area contributed by atoms with Crippen LogP contribution < -0.4 is 11.1 Å². The number of carbonyl (C=O) groups excluding carboxylic acids is 1. The Morgan fingerprint density at radius 3 is 2.48 bits per heavy atom. The normalized spacial score (nSPS) is 13.2. The average molecular weight is 333 g/mol. The lowest BCUT2D eigenvalue weighted by Gasteiger charge is -2.14. The summed E-state index contributed by atoms with van der Waals surface area (Å²) in [5.74, 6) is -0.297. The molecule has 21 heavy (non-hydrogen) atoms. The lowest BCUT2D eigenvalue weighted by molar-refractivity contribution is -0.115. The van der Waals surface area contributed by atoms with Crippen LogP contribution in [0.2, 0.25) is 5.02 Å². The number of anilines is 2. The molecule has 0 bridgehead atoms. The van der Waals surface area contributed by atoms with Gasteiger partial charge >= 0.3 is 0 Å². The number of benzene rings is 1. The Morgan fingerprint density at radius 2 is 1.95 bits per heavy atom. The number of hydrogen-bond donors (Lipinski definition) is 2. The third-order valence-electron chi connectivity index (χ3n) is 3.15. The van der Waals surface area contributed by atoms with Crippen molar-refractivity contribution in [3.8, 4) is 0 Å². The zero-order chi connectivity index (χ0) is 16.2. The molecule has 0 heterocycles. The minimum atomic E-state index is -3.46. The smallest absolute Gasteiger partial charge is 0.242 e. The lowest BCUT2D eigenvalue weighted by atomic mass is 10.2. The molecule has 1 amide bonds. The Labute approximate surface area is 130 Å². The number of sulfone groups is 1. The number of halogens is 1. The van der Waals surface area contributed by atoms with Gasteiger partial charge < -0.3 is 11.1 Å². The van der Waals surface area contributed by atoms with E-state index in [-0.39, 0.29) is 11.7 Å². The topological polar surface area (TPSA) is 89.3 Å². The Balaban J connectivity index is 2.76. The summed E-state index contributed by atoms with van der Waals surface area (Å²) >= 11 is 5.79. The van der Waals surface area contributed by atoms with Crippen molar-refractivity contribution >= 4 is 38.7 Å². The van der Waals surface area contributed by atoms with Gasteiger partial charge in [-0.25, -0.2) is 8.42 Å². The largest absolute Gasteiger partial charge is 0.397 e. The van der Waals surface area contributed by atoms with Gasteiger partial charge in [0.15, 0.2) is 9.84 Å². The molecule has 0 aliphatic rings. The van der Waals surface area contributed by atoms with Crippen LogP contribution >= 0.6 is 11.6 Å². The van der Waals surface area contributed by atoms with E-state index in [0.29, 0.717) is 22.8 Å². The maximum atomic E-state index is 12.1. The van der Waals surface area contributed by atoms with Crippen molar-refractivity contribution in [2.24, 2.45) is 5.92 Å². The van der Waals surface area contributed by atoms with Crippen LogP contribution in [0.3, 0.4) is 0 Å². The van der Waals surface area contributed by atoms with Gasteiger partial charge in [-0.2, -0.15) is 0 Å². The van der Waals surface area contributed by atoms with Crippen LogP contribution in [-0.2, 0) is 14.6 Å². The molecule has 0 radical (unpaired) electrons. The van der Waals surface area contributed by atoms with E-state index in [2.05, 4.69) is 5.32 Å². The fraction of sp³-hybridized carbons (Fsp3) is 0.500. The minimum Gasteiger partial charge on any atom is -0.397 e. The van der Waals surface area contributed by atoms with Crippen LogP contribution in [-0.4, -0.2) is 25.3 Å². The second-order valence-electron chi connectivity index (χ2n) is 5.42. The van der Waals surface area contributed by atoms with E-state index in [1.165, 1.54) is 13.0 Å². The van der Waals surface area contributed by atoms with E-state index in [9.17, 15) is 13.2 Å². The van der Waals surface area contributed by atoms with Crippen LogP contribution in [0.1, 0.15) is 27.2 Å². The maximum absolute atomic E-state index is 12.1. The second kappa shape index (κ2) is 7.13. The molecule has 0 saturated heterocycles. The molecule has 1 aromatic carbocycles. The molecule has 0 fully saturated rings. The third-order valence-corrected chi connectivity index (χ3v) is 5.59. The Kier molecular flexibility index (Phi) is 6.04. The van der Waals surface area contributed by atoms with E-state index in [4.69, 9.17) is 17.3 Å². The number of rotatable bonds is 6. The summed E-state index contributed by atoms with van der Waals surface area (Å²) in [7, 11) is -3.46. The fourth-order valence-electron chi connectivity index (χ4n) is 1.61. The van der Waals surface area contributed by atoms with E-state index in [1.54, 1.807) is 12.1 Å². The minimum absolute atomic E-state index is 0.00199. The first-order chi connectivity index (χ1) is 9.63. The number of hydrogen-bond acceptors (Lipinski definition) is 4. The molecule has 1 unspecified atom stereocenters. The van der Waals surface area contributed by atoms with E-state index >= 15 is 0 Å². The monoisotopic (exact) mass is 332 g/mol. The van der Waals surface area contributed by atoms with Crippen LogP contribution in [0.5, 0.6) is 0 Å². The molecule has 5 nitrogen and oxygen atoms in total. The highest BCUT2D eigenvalue weighted by molar-refractivity contribution is 7.92. The van der Waals surface area contributed by atoms with Crippen molar-refractivity contribution in [3.05, 3.63) is 23.2 Å². The number of carbonyl (C=O) groups is 1. The highest BCUT2D eigenvalue weighted by Gasteiger charge is 2.27. The van der Waals surface area contributed by atoms with Gasteiger partial charge in [0.1, 0.15) is 5.25 Å². The molecule has 7 heteroatoms. The average Bonchev–Trinajstić information content (AvgIpc) is 2.40. The Morgan fingerprint density at radius 1 is 1.33 bits per heavy atom. The fourth-order valence-corrected chi connectivity index (χ4v) is 3.26. The Bertz CT molecular complexity index is 615. The molecule has 118 valence electrons. The summed E-state index contributed by atoms with van der Waals surface area (Å²) in [5, 5.41) is 1.82. The van der Waals surface area contributed by atoms with Crippen LogP contribution in [0, 0.1) is 5.92 Å². The first-order valence-electron chi connectivity index (χ1n) is 6.71. The molecular weight excluding hydrogens is 312 g/mol. The molecule has 0 aliphatic heterocycles. The zero-order valence-corrected chi connectivity index (χ0v) is 14.0. The molecule has 0 aromatic heterocycles. The first-order valence-corrected chi connectivity index (χ1v) is 8.80. The summed E-state index contributed by atoms with van der Waals surface area (Å²) in [6.45, 7) is 5.28. The van der Waals surface area contributed by atoms with Crippen LogP contribution in [0.25, 0.3) is 0 Å². The number of nitrogens with one attached hydrogen (secondary N) is 1. The van der Waals surface area contributed by atoms with Crippen LogP contribution in [0.4, 0.5) is 11.4 Å². The van der Waals surface area contributed by atoms with E-state index < -0.39 is 21.0 Å². The van der Waals surface area contributed by atoms with Gasteiger partial charge in [0.25, 0.3) is 0 Å². The predicted octanol–water partition coefficient (Wildman–Crippen LogP) is 2.71. The summed E-state index contributed by atoms with van der Waals surface area (Å²) in [4.78, 5) is 12.0. The standard InChI is InChI=1S/C14H21ClN2O3S/c1-9(2)6-7-21(19,20)10(3)14(18)17-11-4-5-12(15)13(16)8-11/h4-5,8-10H,6-7,16H2,1-3H3,(H,17,18). The van der Waals surface area contributed by atoms with Crippen molar-refractivity contribution in [3.63, 3.8) is 0 Å². The second-order valence-corrected chi connectivity index (χ2v) is 8.27. The van der Waals surface area contributed by atoms with Gasteiger partial charge in [0.2, 0.25) is 5.91 Å². The van der Waals surface area contributed by atoms with Crippen molar-refractivity contribution in [2.75, 3.05) is 16.8 Å². The van der Waals surface area contributed by atoms with Crippen molar-refractivity contribution in [2.45, 2.75) is 32.4 Å². The molecule has 0 saturated carbocycles. The molecule has 1 rings (SSSR count). The van der Waals surface area contributed by atoms with Crippen LogP contribution in [0.15, 0.2) is 18.2 Å². The predicted molar refractivity (Wildman–Crippen MR) is 87.2 cm³/mol. The van der Waals surface area contributed by atoms with Gasteiger partial charge in [0.05, 0.1) is 16.5 Å². The Hall–Kier alpha value is -1.27. The summed E-state index contributed by atoms with van der Waals surface area (Å²) < 4.78 is 24.2. The summed E-state index contributed by atoms with van der Waals surface area (Å²) in [6, 6.07) is 4.61. The molecule has 1 atom stereocenters. The molecule has 0 aliphatic carbocycles. The number of nitrogens with two attached hydrogens (primary N) is 1. The first kappa shape index (κ1) is 17.8. The molecular formula is C14H21ClN2O3S. The quantitative estimate of drug-likeness (QED) is 0.784. The van der Waals surface area contributed by atoms with Crippen molar-refractivity contribution in [1.29, 1.82) is 0 Å². The lowest BCUT2D eigenvalue weighted by Crippen LogP contribution is -2.34.